The Bertz CT molecular complexity index is 325. The van der Waals surface area contributed by atoms with Crippen LogP contribution in [0.15, 0.2) is 29.2 Å². The van der Waals surface area contributed by atoms with E-state index in [0.29, 0.717) is 6.61 Å². The molecule has 0 spiro atoms. The summed E-state index contributed by atoms with van der Waals surface area (Å²) in [5, 5.41) is 0.780. The molecule has 5 heteroatoms. The molecule has 0 bridgehead atoms. The smallest absolute Gasteiger partial charge is 0.0641 e. The van der Waals surface area contributed by atoms with Gasteiger partial charge in [-0.2, -0.15) is 0 Å². The molecule has 17 heavy (non-hydrogen) atoms. The summed E-state index contributed by atoms with van der Waals surface area (Å²) in [5.41, 5.74) is 2.76. The number of nitrogens with one attached hydrogen (secondary N) is 1. The van der Waals surface area contributed by atoms with Crippen molar-refractivity contribution in [3.63, 3.8) is 0 Å². The van der Waals surface area contributed by atoms with Crippen LogP contribution in [0.25, 0.3) is 0 Å². The summed E-state index contributed by atoms with van der Waals surface area (Å²) in [6.45, 7) is 3.49. The van der Waals surface area contributed by atoms with Gasteiger partial charge >= 0.3 is 0 Å². The molecule has 0 radical (unpaired) electrons. The maximum absolute atomic E-state index is 6.07. The average Bonchev–Trinajstić information content (AvgIpc) is 2.35. The van der Waals surface area contributed by atoms with Crippen LogP contribution in [-0.4, -0.2) is 25.0 Å². The van der Waals surface area contributed by atoms with E-state index in [1.54, 1.807) is 11.8 Å². The van der Waals surface area contributed by atoms with Crippen LogP contribution >= 0.6 is 23.4 Å². The highest BCUT2D eigenvalue weighted by atomic mass is 35.5. The molecule has 0 heterocycles. The van der Waals surface area contributed by atoms with Crippen LogP contribution < -0.4 is 11.3 Å². The molecule has 0 saturated heterocycles. The number of benzene rings is 1. The van der Waals surface area contributed by atoms with Crippen LogP contribution in [0.2, 0.25) is 5.02 Å². The van der Waals surface area contributed by atoms with E-state index in [1.165, 1.54) is 0 Å². The van der Waals surface area contributed by atoms with Crippen LogP contribution in [-0.2, 0) is 4.74 Å². The zero-order valence-electron chi connectivity index (χ0n) is 9.99. The molecule has 1 rings (SSSR count). The molecule has 1 aromatic rings. The fourth-order valence-corrected chi connectivity index (χ4v) is 2.52. The number of halogens is 1. The van der Waals surface area contributed by atoms with Crippen molar-refractivity contribution in [1.82, 2.24) is 5.43 Å². The maximum Gasteiger partial charge on any atom is 0.0641 e. The van der Waals surface area contributed by atoms with Gasteiger partial charge < -0.3 is 4.74 Å². The largest absolute Gasteiger partial charge is 0.380 e. The van der Waals surface area contributed by atoms with Gasteiger partial charge in [-0.15, -0.1) is 11.8 Å². The molecule has 1 aromatic carbocycles. The van der Waals surface area contributed by atoms with Gasteiger partial charge in [-0.25, -0.2) is 0 Å². The second kappa shape index (κ2) is 8.78. The first-order valence-corrected chi connectivity index (χ1v) is 7.05. The molecule has 3 nitrogen and oxygen atoms in total. The zero-order valence-corrected chi connectivity index (χ0v) is 11.6. The first-order chi connectivity index (χ1) is 8.27. The van der Waals surface area contributed by atoms with E-state index in [1.807, 2.05) is 24.3 Å². The van der Waals surface area contributed by atoms with Gasteiger partial charge in [0.2, 0.25) is 0 Å². The molecule has 1 atom stereocenters. The van der Waals surface area contributed by atoms with Crippen molar-refractivity contribution < 1.29 is 4.74 Å². The summed E-state index contributed by atoms with van der Waals surface area (Å²) < 4.78 is 5.47. The molecular formula is C12H19ClN2OS. The van der Waals surface area contributed by atoms with Crippen molar-refractivity contribution in [1.29, 1.82) is 0 Å². The van der Waals surface area contributed by atoms with Gasteiger partial charge in [0.15, 0.2) is 0 Å². The number of thioether (sulfide) groups is 1. The van der Waals surface area contributed by atoms with Gasteiger partial charge in [-0.3, -0.25) is 11.3 Å². The summed E-state index contributed by atoms with van der Waals surface area (Å²) in [6.07, 6.45) is 1.02. The Morgan fingerprint density at radius 3 is 2.88 bits per heavy atom. The minimum absolute atomic E-state index is 0.142. The number of nitrogens with two attached hydrogens (primary N) is 1. The molecule has 0 aliphatic rings. The molecule has 0 amide bonds. The first kappa shape index (κ1) is 14.8. The van der Waals surface area contributed by atoms with E-state index in [4.69, 9.17) is 22.2 Å². The standard InChI is InChI=1S/C12H19ClN2OS/c1-2-7-16-8-10(15-14)9-17-12-6-4-3-5-11(12)13/h3-6,10,15H,2,7-9,14H2,1H3. The van der Waals surface area contributed by atoms with E-state index < -0.39 is 0 Å². The van der Waals surface area contributed by atoms with E-state index in [-0.39, 0.29) is 6.04 Å². The Morgan fingerprint density at radius 2 is 2.24 bits per heavy atom. The second-order valence-corrected chi connectivity index (χ2v) is 5.15. The zero-order chi connectivity index (χ0) is 12.5. The highest BCUT2D eigenvalue weighted by molar-refractivity contribution is 7.99. The minimum Gasteiger partial charge on any atom is -0.380 e. The van der Waals surface area contributed by atoms with E-state index in [2.05, 4.69) is 12.3 Å². The lowest BCUT2D eigenvalue weighted by Gasteiger charge is -2.15. The lowest BCUT2D eigenvalue weighted by molar-refractivity contribution is 0.117. The van der Waals surface area contributed by atoms with Crippen molar-refractivity contribution in [2.75, 3.05) is 19.0 Å². The Labute approximate surface area is 112 Å². The van der Waals surface area contributed by atoms with E-state index >= 15 is 0 Å². The van der Waals surface area contributed by atoms with Crippen LogP contribution in [0.4, 0.5) is 0 Å². The Hall–Kier alpha value is -0.260. The second-order valence-electron chi connectivity index (χ2n) is 3.68. The van der Waals surface area contributed by atoms with Gasteiger partial charge in [0.25, 0.3) is 0 Å². The number of hydrazine groups is 1. The van der Waals surface area contributed by atoms with E-state index in [0.717, 1.165) is 28.7 Å². The molecule has 96 valence electrons. The Balaban J connectivity index is 2.34. The number of hydrogen-bond donors (Lipinski definition) is 2. The SMILES string of the molecule is CCCOCC(CSc1ccccc1Cl)NN. The van der Waals surface area contributed by atoms with Crippen LogP contribution in [0.1, 0.15) is 13.3 Å². The highest BCUT2D eigenvalue weighted by Crippen LogP contribution is 2.26. The molecular weight excluding hydrogens is 256 g/mol. The fraction of sp³-hybridized carbons (Fsp3) is 0.500. The molecule has 0 aromatic heterocycles. The quantitative estimate of drug-likeness (QED) is 0.331. The summed E-state index contributed by atoms with van der Waals surface area (Å²) >= 11 is 7.76. The first-order valence-electron chi connectivity index (χ1n) is 5.69. The van der Waals surface area contributed by atoms with Crippen molar-refractivity contribution in [3.8, 4) is 0 Å². The van der Waals surface area contributed by atoms with Gasteiger partial charge in [0, 0.05) is 17.3 Å². The topological polar surface area (TPSA) is 47.3 Å². The molecule has 1 unspecified atom stereocenters. The van der Waals surface area contributed by atoms with Gasteiger partial charge in [-0.1, -0.05) is 30.7 Å². The van der Waals surface area contributed by atoms with E-state index in [9.17, 15) is 0 Å². The van der Waals surface area contributed by atoms with Crippen molar-refractivity contribution in [2.45, 2.75) is 24.3 Å². The highest BCUT2D eigenvalue weighted by Gasteiger charge is 2.08. The maximum atomic E-state index is 6.07. The third kappa shape index (κ3) is 5.75. The van der Waals surface area contributed by atoms with Crippen molar-refractivity contribution in [2.24, 2.45) is 5.84 Å². The van der Waals surface area contributed by atoms with Crippen LogP contribution in [0, 0.1) is 0 Å². The summed E-state index contributed by atoms with van der Waals surface area (Å²) in [5.74, 6) is 6.32. The van der Waals surface area contributed by atoms with Gasteiger partial charge in [0.1, 0.15) is 0 Å². The number of ether oxygens (including phenoxy) is 1. The molecule has 0 saturated carbocycles. The number of rotatable bonds is 8. The summed E-state index contributed by atoms with van der Waals surface area (Å²) in [6, 6.07) is 7.94. The predicted octanol–water partition coefficient (Wildman–Crippen LogP) is 2.69. The Morgan fingerprint density at radius 1 is 1.47 bits per heavy atom. The fourth-order valence-electron chi connectivity index (χ4n) is 1.27. The third-order valence-electron chi connectivity index (χ3n) is 2.18. The third-order valence-corrected chi connectivity index (χ3v) is 3.86. The monoisotopic (exact) mass is 274 g/mol. The molecule has 3 N–H and O–H groups in total. The average molecular weight is 275 g/mol. The lowest BCUT2D eigenvalue weighted by Crippen LogP contribution is -2.40. The Kier molecular flexibility index (Phi) is 7.64. The lowest BCUT2D eigenvalue weighted by atomic mass is 10.4. The summed E-state index contributed by atoms with van der Waals surface area (Å²) in [4.78, 5) is 1.07. The predicted molar refractivity (Wildman–Crippen MR) is 74.4 cm³/mol. The van der Waals surface area contributed by atoms with Gasteiger partial charge in [0.05, 0.1) is 17.7 Å². The van der Waals surface area contributed by atoms with Crippen molar-refractivity contribution in [3.05, 3.63) is 29.3 Å². The normalized spacial score (nSPS) is 12.6. The molecule has 0 fully saturated rings. The van der Waals surface area contributed by atoms with Gasteiger partial charge in [-0.05, 0) is 18.6 Å². The number of hydrogen-bond acceptors (Lipinski definition) is 4. The van der Waals surface area contributed by atoms with Crippen LogP contribution in [0.3, 0.4) is 0 Å². The summed E-state index contributed by atoms with van der Waals surface area (Å²) in [7, 11) is 0. The minimum atomic E-state index is 0.142. The van der Waals surface area contributed by atoms with Crippen LogP contribution in [0.5, 0.6) is 0 Å². The van der Waals surface area contributed by atoms with Crippen molar-refractivity contribution >= 4 is 23.4 Å². The molecule has 0 aliphatic heterocycles. The molecule has 0 aliphatic carbocycles.